The third-order valence-corrected chi connectivity index (χ3v) is 6.73. The highest BCUT2D eigenvalue weighted by atomic mass is 16.3. The van der Waals surface area contributed by atoms with Crippen LogP contribution in [0.4, 0.5) is 22.7 Å². The maximum atomic E-state index is 11.1. The molecule has 4 aromatic carbocycles. The van der Waals surface area contributed by atoms with Gasteiger partial charge in [-0.05, 0) is 72.8 Å². The van der Waals surface area contributed by atoms with Crippen LogP contribution in [0.15, 0.2) is 92.8 Å². The van der Waals surface area contributed by atoms with Crippen LogP contribution in [-0.2, 0) is 14.4 Å². The van der Waals surface area contributed by atoms with E-state index in [9.17, 15) is 34.8 Å². The molecule has 15 nitrogen and oxygen atoms in total. The number of carbonyl (C=O) groups is 3. The average Bonchev–Trinajstić information content (AvgIpc) is 3.09. The van der Waals surface area contributed by atoms with Crippen molar-refractivity contribution in [3.63, 3.8) is 0 Å². The van der Waals surface area contributed by atoms with E-state index in [2.05, 4.69) is 35.9 Å². The van der Waals surface area contributed by atoms with E-state index in [4.69, 9.17) is 5.73 Å². The smallest absolute Gasteiger partial charge is 0.221 e. The Morgan fingerprint density at radius 1 is 0.500 bits per heavy atom. The van der Waals surface area contributed by atoms with Crippen molar-refractivity contribution in [2.45, 2.75) is 28.2 Å². The average molecular weight is 739 g/mol. The number of nitrogen functional groups attached to an aromatic ring is 1. The molecule has 4 aromatic rings. The molecule has 0 saturated heterocycles. The Balaban J connectivity index is 0.000000369. The number of aliphatic imine (C=N–C) groups is 4. The maximum Gasteiger partial charge on any atom is 0.221 e. The van der Waals surface area contributed by atoms with Gasteiger partial charge in [-0.2, -0.15) is 0 Å². The second kappa shape index (κ2) is 22.0. The minimum Gasteiger partial charge on any atom is -0.507 e. The molecular weight excluding hydrogens is 692 g/mol. The third-order valence-electron chi connectivity index (χ3n) is 6.73. The number of amides is 3. The normalized spacial score (nSPS) is 10.9. The van der Waals surface area contributed by atoms with Crippen molar-refractivity contribution in [3.05, 3.63) is 95.1 Å². The fourth-order valence-corrected chi connectivity index (χ4v) is 4.38. The molecule has 0 heterocycles. The van der Waals surface area contributed by atoms with Gasteiger partial charge in [0.15, 0.2) is 0 Å². The zero-order valence-electron chi connectivity index (χ0n) is 29.4. The number of phenolic OH excluding ortho intramolecular Hbond substituents is 4. The van der Waals surface area contributed by atoms with Crippen LogP contribution in [0.3, 0.4) is 0 Å². The molecular formula is C39H46N8O7. The van der Waals surface area contributed by atoms with Gasteiger partial charge in [-0.3, -0.25) is 34.4 Å². The first-order chi connectivity index (χ1) is 25.3. The Kier molecular flexibility index (Phi) is 17.6. The molecule has 0 radical (unpaired) electrons. The number of hydrogen-bond donors (Lipinski definition) is 8. The third kappa shape index (κ3) is 15.5. The number of anilines is 4. The number of rotatable bonds is 13. The Morgan fingerprint density at radius 2 is 0.759 bits per heavy atom. The monoisotopic (exact) mass is 738 g/mol. The Hall–Kier alpha value is -7.03. The molecule has 0 aliphatic heterocycles. The van der Waals surface area contributed by atoms with Crippen LogP contribution in [0.5, 0.6) is 23.0 Å². The minimum atomic E-state index is -0.200. The Morgan fingerprint density at radius 3 is 1.04 bits per heavy atom. The van der Waals surface area contributed by atoms with Crippen molar-refractivity contribution >= 4 is 65.3 Å². The van der Waals surface area contributed by atoms with Gasteiger partial charge in [0.1, 0.15) is 23.0 Å². The number of nitrogens with zero attached hydrogens (tertiary/aromatic N) is 4. The molecule has 0 spiro atoms. The summed E-state index contributed by atoms with van der Waals surface area (Å²) >= 11 is 0. The van der Waals surface area contributed by atoms with Crippen LogP contribution in [0.2, 0.25) is 0 Å². The van der Waals surface area contributed by atoms with Crippen molar-refractivity contribution in [3.8, 4) is 23.0 Å². The van der Waals surface area contributed by atoms with Crippen molar-refractivity contribution < 1.29 is 34.8 Å². The molecule has 54 heavy (non-hydrogen) atoms. The van der Waals surface area contributed by atoms with Gasteiger partial charge in [-0.15, -0.1) is 0 Å². The first kappa shape index (κ1) is 43.1. The van der Waals surface area contributed by atoms with Gasteiger partial charge in [-0.25, -0.2) is 0 Å². The highest BCUT2D eigenvalue weighted by Crippen LogP contribution is 2.22. The van der Waals surface area contributed by atoms with Crippen LogP contribution >= 0.6 is 0 Å². The van der Waals surface area contributed by atoms with E-state index in [1.807, 2.05) is 0 Å². The summed E-state index contributed by atoms with van der Waals surface area (Å²) in [6.07, 6.45) is 6.07. The SMILES string of the molecule is C.CC(=O)Nc1ccc(O)c(C=NCCN=Cc2cc(N)ccc2O)c1.CC(=O)Nc1ccc(O)c(C=NCCN=Cc2cc(NC(C)=O)ccc2O)c1. The van der Waals surface area contributed by atoms with Gasteiger partial charge in [0, 0.05) is 90.6 Å². The summed E-state index contributed by atoms with van der Waals surface area (Å²) in [7, 11) is 0. The van der Waals surface area contributed by atoms with E-state index < -0.39 is 0 Å². The van der Waals surface area contributed by atoms with Gasteiger partial charge >= 0.3 is 0 Å². The van der Waals surface area contributed by atoms with Crippen molar-refractivity contribution in [2.75, 3.05) is 47.9 Å². The predicted octanol–water partition coefficient (Wildman–Crippen LogP) is 5.37. The molecule has 15 heteroatoms. The Bertz CT molecular complexity index is 1950. The predicted molar refractivity (Wildman–Crippen MR) is 216 cm³/mol. The molecule has 0 unspecified atom stereocenters. The molecule has 0 aliphatic carbocycles. The van der Waals surface area contributed by atoms with Crippen molar-refractivity contribution in [2.24, 2.45) is 20.0 Å². The molecule has 3 amide bonds. The quantitative estimate of drug-likeness (QED) is 0.0383. The van der Waals surface area contributed by atoms with Crippen LogP contribution in [0.1, 0.15) is 50.5 Å². The van der Waals surface area contributed by atoms with E-state index in [1.165, 1.54) is 69.9 Å². The van der Waals surface area contributed by atoms with Gasteiger partial charge in [0.05, 0.1) is 26.2 Å². The lowest BCUT2D eigenvalue weighted by molar-refractivity contribution is -0.115. The zero-order valence-corrected chi connectivity index (χ0v) is 29.4. The first-order valence-electron chi connectivity index (χ1n) is 16.2. The van der Waals surface area contributed by atoms with E-state index >= 15 is 0 Å². The summed E-state index contributed by atoms with van der Waals surface area (Å²) in [5.41, 5.74) is 9.94. The van der Waals surface area contributed by atoms with Gasteiger partial charge < -0.3 is 42.1 Å². The highest BCUT2D eigenvalue weighted by molar-refractivity contribution is 5.93. The number of phenols is 4. The van der Waals surface area contributed by atoms with Gasteiger partial charge in [0.2, 0.25) is 17.7 Å². The molecule has 0 fully saturated rings. The zero-order chi connectivity index (χ0) is 38.8. The second-order valence-electron chi connectivity index (χ2n) is 11.3. The molecule has 0 saturated carbocycles. The van der Waals surface area contributed by atoms with Gasteiger partial charge in [0.25, 0.3) is 0 Å². The van der Waals surface area contributed by atoms with Crippen LogP contribution < -0.4 is 21.7 Å². The summed E-state index contributed by atoms with van der Waals surface area (Å²) in [5, 5.41) is 47.1. The number of hydrogen-bond acceptors (Lipinski definition) is 12. The van der Waals surface area contributed by atoms with Crippen molar-refractivity contribution in [1.29, 1.82) is 0 Å². The number of aromatic hydroxyl groups is 4. The molecule has 284 valence electrons. The summed E-state index contributed by atoms with van der Waals surface area (Å²) in [5.74, 6) is -0.287. The molecule has 9 N–H and O–H groups in total. The summed E-state index contributed by atoms with van der Waals surface area (Å²) in [4.78, 5) is 50.0. The van der Waals surface area contributed by atoms with Gasteiger partial charge in [-0.1, -0.05) is 7.43 Å². The first-order valence-corrected chi connectivity index (χ1v) is 16.2. The maximum absolute atomic E-state index is 11.1. The number of nitrogens with two attached hydrogens (primary N) is 1. The molecule has 0 aromatic heterocycles. The molecule has 0 aliphatic rings. The lowest BCUT2D eigenvalue weighted by Crippen LogP contribution is -2.06. The minimum absolute atomic E-state index is 0. The molecule has 0 bridgehead atoms. The standard InChI is InChI=1S/C20H22N4O4.C18H20N4O3.CH4/c1-13(25)23-17-3-5-19(27)15(9-17)11-21-7-8-22-12-16-10-18(24-14(2)26)4-6-20(16)28;1-12(23)22-16-3-5-18(25)14(9-16)11-21-7-6-20-10-13-8-15(19)2-4-17(13)24;/h3-6,9-12,27-28H,7-8H2,1-2H3,(H,23,25)(H,24,26);2-5,8-11,24-25H,6-7,19H2,1H3,(H,22,23);1H4. The van der Waals surface area contributed by atoms with E-state index in [-0.39, 0.29) is 48.1 Å². The summed E-state index contributed by atoms with van der Waals surface area (Å²) < 4.78 is 0. The number of nitrogens with one attached hydrogen (secondary N) is 3. The second-order valence-corrected chi connectivity index (χ2v) is 11.3. The Labute approximate surface area is 313 Å². The number of benzene rings is 4. The lowest BCUT2D eigenvalue weighted by Gasteiger charge is -2.05. The fraction of sp³-hybridized carbons (Fsp3) is 0.205. The topological polar surface area (TPSA) is 244 Å². The van der Waals surface area contributed by atoms with E-state index in [0.29, 0.717) is 71.2 Å². The van der Waals surface area contributed by atoms with E-state index in [1.54, 1.807) is 48.5 Å². The van der Waals surface area contributed by atoms with Crippen LogP contribution in [0.25, 0.3) is 0 Å². The summed E-state index contributed by atoms with van der Waals surface area (Å²) in [6.45, 7) is 5.78. The molecule has 4 rings (SSSR count). The van der Waals surface area contributed by atoms with Crippen molar-refractivity contribution in [1.82, 2.24) is 0 Å². The summed E-state index contributed by atoms with van der Waals surface area (Å²) in [6, 6.07) is 18.9. The van der Waals surface area contributed by atoms with E-state index in [0.717, 1.165) is 0 Å². The lowest BCUT2D eigenvalue weighted by atomic mass is 10.2. The fourth-order valence-electron chi connectivity index (χ4n) is 4.38. The largest absolute Gasteiger partial charge is 0.507 e. The molecule has 0 atom stereocenters. The number of carbonyl (C=O) groups excluding carboxylic acids is 3. The van der Waals surface area contributed by atoms with Crippen LogP contribution in [0, 0.1) is 0 Å². The van der Waals surface area contributed by atoms with Crippen LogP contribution in [-0.4, -0.2) is 89.2 Å². The highest BCUT2D eigenvalue weighted by Gasteiger charge is 2.04.